The van der Waals surface area contributed by atoms with Crippen LogP contribution in [0.15, 0.2) is 78.0 Å². The number of ether oxygens (including phenoxy) is 3. The zero-order chi connectivity index (χ0) is 29.8. The molecule has 1 amide bonds. The normalized spacial score (nSPS) is 14.1. The van der Waals surface area contributed by atoms with E-state index in [1.165, 1.54) is 0 Å². The zero-order valence-electron chi connectivity index (χ0n) is 24.8. The monoisotopic (exact) mass is 568 g/mol. The van der Waals surface area contributed by atoms with Crippen LogP contribution in [-0.4, -0.2) is 55.1 Å². The number of carbonyl (C=O) groups is 1. The van der Waals surface area contributed by atoms with E-state index < -0.39 is 6.04 Å². The lowest BCUT2D eigenvalue weighted by Gasteiger charge is -2.29. The molecule has 10 nitrogen and oxygen atoms in total. The highest BCUT2D eigenvalue weighted by Crippen LogP contribution is 2.40. The third-order valence-electron chi connectivity index (χ3n) is 7.43. The summed E-state index contributed by atoms with van der Waals surface area (Å²) in [6, 6.07) is 20.5. The highest BCUT2D eigenvalue weighted by atomic mass is 16.5. The van der Waals surface area contributed by atoms with Gasteiger partial charge in [0.1, 0.15) is 11.8 Å². The summed E-state index contributed by atoms with van der Waals surface area (Å²) >= 11 is 0. The number of benzene rings is 3. The van der Waals surface area contributed by atoms with Crippen molar-refractivity contribution in [2.75, 3.05) is 50.0 Å². The Balaban J connectivity index is 1.59. The van der Waals surface area contributed by atoms with E-state index in [1.54, 1.807) is 38.1 Å². The first-order valence-corrected chi connectivity index (χ1v) is 13.9. The fourth-order valence-electron chi connectivity index (χ4n) is 5.25. The Bertz CT molecular complexity index is 1610. The van der Waals surface area contributed by atoms with Crippen LogP contribution < -0.4 is 29.7 Å². The first kappa shape index (κ1) is 28.5. The van der Waals surface area contributed by atoms with Gasteiger partial charge in [-0.25, -0.2) is 4.68 Å². The number of rotatable bonds is 10. The molecular formula is C32H36N6O4. The number of nitrogens with zero attached hydrogens (tertiary/aromatic N) is 4. The van der Waals surface area contributed by atoms with Crippen LogP contribution in [0.5, 0.6) is 17.2 Å². The number of hydrogen-bond donors (Lipinski definition) is 2. The zero-order valence-corrected chi connectivity index (χ0v) is 24.8. The van der Waals surface area contributed by atoms with Crippen molar-refractivity contribution in [3.63, 3.8) is 0 Å². The molecule has 1 aliphatic rings. The van der Waals surface area contributed by atoms with Crippen molar-refractivity contribution >= 4 is 23.2 Å². The average molecular weight is 569 g/mol. The molecule has 5 rings (SSSR count). The van der Waals surface area contributed by atoms with Gasteiger partial charge < -0.3 is 29.7 Å². The Kier molecular flexibility index (Phi) is 8.33. The number of aromatic nitrogens is 3. The molecule has 0 saturated carbocycles. The van der Waals surface area contributed by atoms with E-state index in [2.05, 4.69) is 41.5 Å². The van der Waals surface area contributed by atoms with Gasteiger partial charge >= 0.3 is 0 Å². The van der Waals surface area contributed by atoms with Gasteiger partial charge in [-0.15, -0.1) is 5.10 Å². The van der Waals surface area contributed by atoms with E-state index in [4.69, 9.17) is 24.3 Å². The molecule has 0 aliphatic carbocycles. The van der Waals surface area contributed by atoms with E-state index in [-0.39, 0.29) is 5.91 Å². The Morgan fingerprint density at radius 2 is 1.62 bits per heavy atom. The molecule has 42 heavy (non-hydrogen) atoms. The molecule has 10 heteroatoms. The topological polar surface area (TPSA) is 103 Å². The fraction of sp³-hybridized carbons (Fsp3) is 0.281. The van der Waals surface area contributed by atoms with Crippen LogP contribution in [0.3, 0.4) is 0 Å². The lowest BCUT2D eigenvalue weighted by Crippen LogP contribution is -2.31. The van der Waals surface area contributed by atoms with E-state index in [1.807, 2.05) is 49.4 Å². The number of para-hydroxylation sites is 2. The number of methoxy groups -OCH3 is 3. The number of nitrogens with one attached hydrogen (secondary N) is 2. The lowest BCUT2D eigenvalue weighted by molar-refractivity contribution is -0.113. The van der Waals surface area contributed by atoms with Crippen molar-refractivity contribution in [2.45, 2.75) is 26.8 Å². The molecule has 1 aromatic heterocycles. The Hall–Kier alpha value is -4.99. The second-order valence-electron chi connectivity index (χ2n) is 9.76. The van der Waals surface area contributed by atoms with Gasteiger partial charge in [-0.3, -0.25) is 4.79 Å². The summed E-state index contributed by atoms with van der Waals surface area (Å²) in [7, 11) is 4.74. The maximum absolute atomic E-state index is 14.0. The minimum atomic E-state index is -0.605. The van der Waals surface area contributed by atoms with Gasteiger partial charge in [-0.05, 0) is 74.9 Å². The minimum absolute atomic E-state index is 0.296. The Morgan fingerprint density at radius 1 is 0.929 bits per heavy atom. The molecule has 1 aliphatic heterocycles. The minimum Gasteiger partial charge on any atom is -0.495 e. The van der Waals surface area contributed by atoms with E-state index >= 15 is 0 Å². The van der Waals surface area contributed by atoms with Gasteiger partial charge in [-0.2, -0.15) is 4.98 Å². The summed E-state index contributed by atoms with van der Waals surface area (Å²) in [5.41, 5.74) is 4.50. The molecule has 1 unspecified atom stereocenters. The van der Waals surface area contributed by atoms with Crippen LogP contribution in [0.25, 0.3) is 11.4 Å². The van der Waals surface area contributed by atoms with Gasteiger partial charge in [0.15, 0.2) is 17.3 Å². The smallest absolute Gasteiger partial charge is 0.255 e. The summed E-state index contributed by atoms with van der Waals surface area (Å²) < 4.78 is 18.3. The van der Waals surface area contributed by atoms with Crippen LogP contribution in [0, 0.1) is 0 Å². The Morgan fingerprint density at radius 3 is 2.29 bits per heavy atom. The molecule has 218 valence electrons. The summed E-state index contributed by atoms with van der Waals surface area (Å²) in [5, 5.41) is 11.3. The van der Waals surface area contributed by atoms with Gasteiger partial charge in [-0.1, -0.05) is 18.2 Å². The summed E-state index contributed by atoms with van der Waals surface area (Å²) in [5.74, 6) is 2.48. The van der Waals surface area contributed by atoms with Gasteiger partial charge in [0.2, 0.25) is 5.95 Å². The van der Waals surface area contributed by atoms with Crippen LogP contribution in [0.1, 0.15) is 32.4 Å². The maximum atomic E-state index is 14.0. The molecule has 1 atom stereocenters. The summed E-state index contributed by atoms with van der Waals surface area (Å²) in [6.45, 7) is 7.99. The molecule has 0 radical (unpaired) electrons. The predicted octanol–water partition coefficient (Wildman–Crippen LogP) is 5.74. The standard InChI is InChI=1S/C32H36N6O4/c1-7-37(8-2)23-16-13-21(14-17-23)30-35-32-33-20(3)28(31(39)34-24-11-9-10-12-25(24)40-4)29(38(32)36-30)22-15-18-26(41-5)27(19-22)42-6/h9-19,29H,7-8H2,1-6H3,(H,34,39)(H,33,35,36). The fourth-order valence-corrected chi connectivity index (χ4v) is 5.25. The highest BCUT2D eigenvalue weighted by molar-refractivity contribution is 6.06. The van der Waals surface area contributed by atoms with Gasteiger partial charge in [0.25, 0.3) is 5.91 Å². The van der Waals surface area contributed by atoms with E-state index in [0.717, 1.165) is 29.9 Å². The number of amides is 1. The number of hydrogen-bond acceptors (Lipinski definition) is 8. The number of fused-ring (bicyclic) bond motifs is 1. The largest absolute Gasteiger partial charge is 0.495 e. The van der Waals surface area contributed by atoms with Gasteiger partial charge in [0, 0.05) is 30.0 Å². The maximum Gasteiger partial charge on any atom is 0.255 e. The number of anilines is 3. The van der Waals surface area contributed by atoms with E-state index in [9.17, 15) is 4.79 Å². The van der Waals surface area contributed by atoms with Crippen molar-refractivity contribution in [3.8, 4) is 28.6 Å². The predicted molar refractivity (Wildman–Crippen MR) is 165 cm³/mol. The second kappa shape index (κ2) is 12.3. The molecule has 0 fully saturated rings. The Labute approximate surface area is 245 Å². The molecule has 2 heterocycles. The van der Waals surface area contributed by atoms with Crippen LogP contribution in [0.2, 0.25) is 0 Å². The number of carbonyl (C=O) groups excluding carboxylic acids is 1. The van der Waals surface area contributed by atoms with Crippen molar-refractivity contribution in [1.82, 2.24) is 14.8 Å². The molecule has 4 aromatic rings. The summed E-state index contributed by atoms with van der Waals surface area (Å²) in [6.07, 6.45) is 0. The lowest BCUT2D eigenvalue weighted by atomic mass is 9.94. The first-order chi connectivity index (χ1) is 20.4. The van der Waals surface area contributed by atoms with Crippen molar-refractivity contribution < 1.29 is 19.0 Å². The number of allylic oxidation sites excluding steroid dienone is 1. The quantitative estimate of drug-likeness (QED) is 0.250. The third-order valence-corrected chi connectivity index (χ3v) is 7.43. The van der Waals surface area contributed by atoms with Crippen LogP contribution >= 0.6 is 0 Å². The second-order valence-corrected chi connectivity index (χ2v) is 9.76. The first-order valence-electron chi connectivity index (χ1n) is 13.9. The van der Waals surface area contributed by atoms with Crippen molar-refractivity contribution in [1.29, 1.82) is 0 Å². The summed E-state index contributed by atoms with van der Waals surface area (Å²) in [4.78, 5) is 21.1. The highest BCUT2D eigenvalue weighted by Gasteiger charge is 2.35. The van der Waals surface area contributed by atoms with Crippen LogP contribution in [-0.2, 0) is 4.79 Å². The van der Waals surface area contributed by atoms with Crippen molar-refractivity contribution in [3.05, 3.63) is 83.6 Å². The molecule has 0 spiro atoms. The third kappa shape index (κ3) is 5.35. The average Bonchev–Trinajstić information content (AvgIpc) is 3.44. The molecule has 3 aromatic carbocycles. The molecular weight excluding hydrogens is 532 g/mol. The van der Waals surface area contributed by atoms with E-state index in [0.29, 0.717) is 46.0 Å². The van der Waals surface area contributed by atoms with Crippen LogP contribution in [0.4, 0.5) is 17.3 Å². The van der Waals surface area contributed by atoms with Gasteiger partial charge in [0.05, 0.1) is 32.6 Å². The molecule has 0 saturated heterocycles. The molecule has 0 bridgehead atoms. The molecule has 2 N–H and O–H groups in total. The van der Waals surface area contributed by atoms with Crippen molar-refractivity contribution in [2.24, 2.45) is 0 Å². The SMILES string of the molecule is CCN(CC)c1ccc(-c2nc3n(n2)C(c2ccc(OC)c(OC)c2)C(C(=O)Nc2ccccc2OC)=C(C)N3)cc1.